The van der Waals surface area contributed by atoms with Crippen molar-refractivity contribution in [2.45, 2.75) is 0 Å². The van der Waals surface area contributed by atoms with Crippen LogP contribution in [0.2, 0.25) is 0 Å². The van der Waals surface area contributed by atoms with Gasteiger partial charge in [-0.3, -0.25) is 14.4 Å². The van der Waals surface area contributed by atoms with E-state index in [-0.39, 0.29) is 30.5 Å². The number of anilines is 1. The molecule has 0 fully saturated rings. The van der Waals surface area contributed by atoms with Crippen molar-refractivity contribution in [3.63, 3.8) is 0 Å². The van der Waals surface area contributed by atoms with Crippen molar-refractivity contribution in [3.05, 3.63) is 101 Å². The molecule has 0 aromatic heterocycles. The van der Waals surface area contributed by atoms with Crippen LogP contribution < -0.4 is 16.0 Å². The number of hydrogen-bond acceptors (Lipinski definition) is 3. The van der Waals surface area contributed by atoms with Crippen molar-refractivity contribution in [2.24, 2.45) is 0 Å². The normalized spacial score (nSPS) is 10.3. The summed E-state index contributed by atoms with van der Waals surface area (Å²) in [4.78, 5) is 36.2. The molecule has 3 amide bonds. The standard InChI is InChI=1S/C23H19F2N3O3/c24-17-8-11-19(20(25)14-17)23(31)28-18-9-6-16(7-10-18)22(30)27-13-12-26-21(29)15-4-2-1-3-5-15/h1-11,14H,12-13H2,(H,26,29)(H,27,30)(H,28,31). The maximum atomic E-state index is 13.7. The number of benzene rings is 3. The van der Waals surface area contributed by atoms with Gasteiger partial charge in [0.05, 0.1) is 5.56 Å². The Morgan fingerprint density at radius 2 is 1.26 bits per heavy atom. The minimum Gasteiger partial charge on any atom is -0.350 e. The molecule has 0 saturated heterocycles. The molecule has 158 valence electrons. The highest BCUT2D eigenvalue weighted by molar-refractivity contribution is 6.04. The van der Waals surface area contributed by atoms with E-state index in [1.807, 2.05) is 6.07 Å². The van der Waals surface area contributed by atoms with Gasteiger partial charge in [-0.05, 0) is 48.5 Å². The Kier molecular flexibility index (Phi) is 7.05. The molecular formula is C23H19F2N3O3. The fourth-order valence-corrected chi connectivity index (χ4v) is 2.72. The van der Waals surface area contributed by atoms with Crippen LogP contribution in [0.1, 0.15) is 31.1 Å². The fraction of sp³-hybridized carbons (Fsp3) is 0.0870. The molecule has 0 unspecified atom stereocenters. The summed E-state index contributed by atoms with van der Waals surface area (Å²) in [5.74, 6) is -3.05. The first-order chi connectivity index (χ1) is 14.9. The largest absolute Gasteiger partial charge is 0.350 e. The summed E-state index contributed by atoms with van der Waals surface area (Å²) in [5.41, 5.74) is 0.938. The molecule has 0 aliphatic rings. The molecule has 0 heterocycles. The predicted molar refractivity (Wildman–Crippen MR) is 112 cm³/mol. The van der Waals surface area contributed by atoms with Crippen molar-refractivity contribution in [1.82, 2.24) is 10.6 Å². The molecule has 3 N–H and O–H groups in total. The van der Waals surface area contributed by atoms with Gasteiger partial charge in [0.15, 0.2) is 0 Å². The lowest BCUT2D eigenvalue weighted by Gasteiger charge is -2.09. The van der Waals surface area contributed by atoms with Crippen molar-refractivity contribution in [1.29, 1.82) is 0 Å². The van der Waals surface area contributed by atoms with Gasteiger partial charge in [-0.2, -0.15) is 0 Å². The van der Waals surface area contributed by atoms with Crippen LogP contribution in [0.15, 0.2) is 72.8 Å². The Morgan fingerprint density at radius 3 is 1.84 bits per heavy atom. The van der Waals surface area contributed by atoms with Crippen LogP contribution >= 0.6 is 0 Å². The molecule has 3 aromatic carbocycles. The lowest BCUT2D eigenvalue weighted by atomic mass is 10.1. The maximum absolute atomic E-state index is 13.7. The molecular weight excluding hydrogens is 404 g/mol. The van der Waals surface area contributed by atoms with Gasteiger partial charge in [0.25, 0.3) is 17.7 Å². The van der Waals surface area contributed by atoms with Crippen LogP contribution in [0.3, 0.4) is 0 Å². The topological polar surface area (TPSA) is 87.3 Å². The second kappa shape index (κ2) is 10.1. The van der Waals surface area contributed by atoms with Gasteiger partial charge in [0, 0.05) is 36.0 Å². The second-order valence-electron chi connectivity index (χ2n) is 6.53. The van der Waals surface area contributed by atoms with E-state index in [1.165, 1.54) is 24.3 Å². The number of amides is 3. The number of rotatable bonds is 7. The van der Waals surface area contributed by atoms with E-state index in [0.717, 1.165) is 12.1 Å². The predicted octanol–water partition coefficient (Wildman–Crippen LogP) is 3.38. The van der Waals surface area contributed by atoms with E-state index >= 15 is 0 Å². The number of carbonyl (C=O) groups excluding carboxylic acids is 3. The van der Waals surface area contributed by atoms with Crippen LogP contribution in [0.25, 0.3) is 0 Å². The lowest BCUT2D eigenvalue weighted by molar-refractivity contribution is 0.0927. The Balaban J connectivity index is 1.47. The maximum Gasteiger partial charge on any atom is 0.258 e. The van der Waals surface area contributed by atoms with E-state index in [1.54, 1.807) is 24.3 Å². The minimum absolute atomic E-state index is 0.229. The molecule has 31 heavy (non-hydrogen) atoms. The minimum atomic E-state index is -0.965. The highest BCUT2D eigenvalue weighted by Crippen LogP contribution is 2.14. The van der Waals surface area contributed by atoms with Crippen molar-refractivity contribution in [2.75, 3.05) is 18.4 Å². The first-order valence-electron chi connectivity index (χ1n) is 9.42. The van der Waals surface area contributed by atoms with Crippen LogP contribution in [0.5, 0.6) is 0 Å². The molecule has 0 spiro atoms. The van der Waals surface area contributed by atoms with Crippen LogP contribution in [-0.4, -0.2) is 30.8 Å². The zero-order chi connectivity index (χ0) is 22.2. The highest BCUT2D eigenvalue weighted by Gasteiger charge is 2.13. The zero-order valence-electron chi connectivity index (χ0n) is 16.3. The molecule has 6 nitrogen and oxygen atoms in total. The molecule has 0 bridgehead atoms. The molecule has 8 heteroatoms. The quantitative estimate of drug-likeness (QED) is 0.509. The van der Waals surface area contributed by atoms with Crippen LogP contribution in [0.4, 0.5) is 14.5 Å². The first-order valence-corrected chi connectivity index (χ1v) is 9.42. The number of nitrogens with one attached hydrogen (secondary N) is 3. The zero-order valence-corrected chi connectivity index (χ0v) is 16.3. The lowest BCUT2D eigenvalue weighted by Crippen LogP contribution is -2.34. The van der Waals surface area contributed by atoms with Gasteiger partial charge in [0.1, 0.15) is 11.6 Å². The average molecular weight is 423 g/mol. The average Bonchev–Trinajstić information content (AvgIpc) is 2.77. The summed E-state index contributed by atoms with van der Waals surface area (Å²) in [6.07, 6.45) is 0. The van der Waals surface area contributed by atoms with Gasteiger partial charge in [-0.15, -0.1) is 0 Å². The summed E-state index contributed by atoms with van der Waals surface area (Å²) >= 11 is 0. The Labute approximate surface area is 177 Å². The smallest absolute Gasteiger partial charge is 0.258 e. The van der Waals surface area contributed by atoms with Crippen LogP contribution in [0, 0.1) is 11.6 Å². The van der Waals surface area contributed by atoms with Gasteiger partial charge in [-0.1, -0.05) is 18.2 Å². The molecule has 0 aliphatic carbocycles. The van der Waals surface area contributed by atoms with Crippen molar-refractivity contribution in [3.8, 4) is 0 Å². The van der Waals surface area contributed by atoms with Crippen molar-refractivity contribution < 1.29 is 23.2 Å². The fourth-order valence-electron chi connectivity index (χ4n) is 2.72. The highest BCUT2D eigenvalue weighted by atomic mass is 19.1. The number of hydrogen-bond donors (Lipinski definition) is 3. The SMILES string of the molecule is O=C(NCCNC(=O)c1ccc(NC(=O)c2ccc(F)cc2F)cc1)c1ccccc1. The first kappa shape index (κ1) is 21.6. The molecule has 0 atom stereocenters. The molecule has 3 rings (SSSR count). The summed E-state index contributed by atoms with van der Waals surface area (Å²) in [5, 5.41) is 7.87. The summed E-state index contributed by atoms with van der Waals surface area (Å²) < 4.78 is 26.6. The summed E-state index contributed by atoms with van der Waals surface area (Å²) in [6, 6.07) is 17.4. The molecule has 3 aromatic rings. The Morgan fingerprint density at radius 1 is 0.677 bits per heavy atom. The van der Waals surface area contributed by atoms with Gasteiger partial charge in [-0.25, -0.2) is 8.78 Å². The number of carbonyl (C=O) groups is 3. The third kappa shape index (κ3) is 5.96. The monoisotopic (exact) mass is 423 g/mol. The van der Waals surface area contributed by atoms with E-state index in [0.29, 0.717) is 22.9 Å². The molecule has 0 saturated carbocycles. The van der Waals surface area contributed by atoms with Crippen molar-refractivity contribution >= 4 is 23.4 Å². The Hall–Kier alpha value is -4.07. The second-order valence-corrected chi connectivity index (χ2v) is 6.53. The number of halogens is 2. The van der Waals surface area contributed by atoms with Crippen LogP contribution in [-0.2, 0) is 0 Å². The van der Waals surface area contributed by atoms with Gasteiger partial charge >= 0.3 is 0 Å². The third-order valence-electron chi connectivity index (χ3n) is 4.31. The van der Waals surface area contributed by atoms with E-state index in [9.17, 15) is 23.2 Å². The third-order valence-corrected chi connectivity index (χ3v) is 4.31. The van der Waals surface area contributed by atoms with Gasteiger partial charge in [0.2, 0.25) is 0 Å². The van der Waals surface area contributed by atoms with E-state index in [2.05, 4.69) is 16.0 Å². The Bertz CT molecular complexity index is 1090. The molecule has 0 aliphatic heterocycles. The van der Waals surface area contributed by atoms with E-state index < -0.39 is 17.5 Å². The molecule has 0 radical (unpaired) electrons. The van der Waals surface area contributed by atoms with Gasteiger partial charge < -0.3 is 16.0 Å². The summed E-state index contributed by atoms with van der Waals surface area (Å²) in [6.45, 7) is 0.497. The van der Waals surface area contributed by atoms with E-state index in [4.69, 9.17) is 0 Å². The summed E-state index contributed by atoms with van der Waals surface area (Å²) in [7, 11) is 0.